The summed E-state index contributed by atoms with van der Waals surface area (Å²) < 4.78 is 19.3. The molecule has 0 saturated carbocycles. The van der Waals surface area contributed by atoms with E-state index in [9.17, 15) is 4.39 Å². The number of ether oxygens (including phenoxy) is 1. The Morgan fingerprint density at radius 1 is 1.59 bits per heavy atom. The zero-order valence-electron chi connectivity index (χ0n) is 9.62. The molecule has 0 spiro atoms. The molecule has 5 heteroatoms. The highest BCUT2D eigenvalue weighted by Crippen LogP contribution is 2.33. The van der Waals surface area contributed by atoms with Crippen molar-refractivity contribution in [3.63, 3.8) is 0 Å². The van der Waals surface area contributed by atoms with Gasteiger partial charge in [-0.05, 0) is 25.5 Å². The molecule has 0 bridgehead atoms. The molecule has 3 unspecified atom stereocenters. The minimum atomic E-state index is -0.333. The number of hydrogen-bond acceptors (Lipinski definition) is 3. The Morgan fingerprint density at radius 2 is 2.35 bits per heavy atom. The van der Waals surface area contributed by atoms with Crippen molar-refractivity contribution in [3.05, 3.63) is 34.6 Å². The van der Waals surface area contributed by atoms with Crippen molar-refractivity contribution in [3.8, 4) is 0 Å². The molecular weight excluding hydrogens is 243 g/mol. The average Bonchev–Trinajstić information content (AvgIpc) is 2.69. The van der Waals surface area contributed by atoms with E-state index in [0.29, 0.717) is 17.2 Å². The van der Waals surface area contributed by atoms with Crippen LogP contribution in [0.4, 0.5) is 4.39 Å². The molecule has 0 radical (unpaired) electrons. The summed E-state index contributed by atoms with van der Waals surface area (Å²) in [5, 5.41) is 0.387. The summed E-state index contributed by atoms with van der Waals surface area (Å²) in [4.78, 5) is 0. The molecule has 1 heterocycles. The number of nitrogens with one attached hydrogen (secondary N) is 1. The molecule has 1 aliphatic rings. The highest BCUT2D eigenvalue weighted by molar-refractivity contribution is 6.30. The van der Waals surface area contributed by atoms with Gasteiger partial charge in [-0.1, -0.05) is 17.7 Å². The Balaban J connectivity index is 2.23. The molecule has 3 nitrogen and oxygen atoms in total. The maximum atomic E-state index is 13.8. The van der Waals surface area contributed by atoms with Crippen LogP contribution in [0.1, 0.15) is 24.9 Å². The van der Waals surface area contributed by atoms with Crippen LogP contribution in [-0.2, 0) is 4.74 Å². The summed E-state index contributed by atoms with van der Waals surface area (Å²) in [6.07, 6.45) is 1.07. The Labute approximate surface area is 105 Å². The maximum absolute atomic E-state index is 13.8. The fraction of sp³-hybridized carbons (Fsp3) is 0.500. The van der Waals surface area contributed by atoms with Crippen molar-refractivity contribution in [2.24, 2.45) is 11.8 Å². The van der Waals surface area contributed by atoms with Crippen molar-refractivity contribution in [1.82, 2.24) is 5.43 Å². The van der Waals surface area contributed by atoms with E-state index < -0.39 is 0 Å². The highest BCUT2D eigenvalue weighted by atomic mass is 35.5. The molecule has 1 aromatic carbocycles. The third-order valence-corrected chi connectivity index (χ3v) is 3.41. The lowest BCUT2D eigenvalue weighted by molar-refractivity contribution is 0.116. The number of hydrazine groups is 1. The number of rotatable bonds is 3. The highest BCUT2D eigenvalue weighted by Gasteiger charge is 2.31. The van der Waals surface area contributed by atoms with Crippen molar-refractivity contribution >= 4 is 11.6 Å². The fourth-order valence-electron chi connectivity index (χ4n) is 2.32. The first-order valence-corrected chi connectivity index (χ1v) is 6.02. The van der Waals surface area contributed by atoms with E-state index in [4.69, 9.17) is 22.2 Å². The monoisotopic (exact) mass is 258 g/mol. The van der Waals surface area contributed by atoms with Gasteiger partial charge in [0.25, 0.3) is 0 Å². The van der Waals surface area contributed by atoms with E-state index in [2.05, 4.69) is 5.43 Å². The van der Waals surface area contributed by atoms with Crippen LogP contribution in [0.25, 0.3) is 0 Å². The third kappa shape index (κ3) is 2.77. The smallest absolute Gasteiger partial charge is 0.129 e. The molecule has 94 valence electrons. The average molecular weight is 259 g/mol. The lowest BCUT2D eigenvalue weighted by Crippen LogP contribution is -2.34. The summed E-state index contributed by atoms with van der Waals surface area (Å²) in [6, 6.07) is 4.41. The van der Waals surface area contributed by atoms with Crippen LogP contribution in [0.15, 0.2) is 18.2 Å². The lowest BCUT2D eigenvalue weighted by atomic mass is 9.91. The van der Waals surface area contributed by atoms with Crippen molar-refractivity contribution in [1.29, 1.82) is 0 Å². The molecular formula is C12H16ClFN2O. The van der Waals surface area contributed by atoms with Crippen molar-refractivity contribution in [2.45, 2.75) is 25.5 Å². The molecule has 2 rings (SSSR count). The molecule has 0 amide bonds. The van der Waals surface area contributed by atoms with Gasteiger partial charge in [-0.3, -0.25) is 11.3 Å². The van der Waals surface area contributed by atoms with Gasteiger partial charge < -0.3 is 4.74 Å². The van der Waals surface area contributed by atoms with Crippen molar-refractivity contribution in [2.75, 3.05) is 6.61 Å². The lowest BCUT2D eigenvalue weighted by Gasteiger charge is -2.22. The number of halogens is 2. The van der Waals surface area contributed by atoms with E-state index in [-0.39, 0.29) is 23.9 Å². The first kappa shape index (κ1) is 12.8. The van der Waals surface area contributed by atoms with Crippen LogP contribution in [0.2, 0.25) is 5.02 Å². The summed E-state index contributed by atoms with van der Waals surface area (Å²) in [5.41, 5.74) is 3.22. The molecule has 0 aliphatic carbocycles. The van der Waals surface area contributed by atoms with Gasteiger partial charge in [0.2, 0.25) is 0 Å². The predicted octanol–water partition coefficient (Wildman–Crippen LogP) is 2.41. The largest absolute Gasteiger partial charge is 0.378 e. The van der Waals surface area contributed by atoms with Gasteiger partial charge in [0.05, 0.1) is 18.8 Å². The Bertz CT molecular complexity index is 402. The molecule has 1 fully saturated rings. The minimum absolute atomic E-state index is 0.186. The summed E-state index contributed by atoms with van der Waals surface area (Å²) in [7, 11) is 0. The molecule has 1 saturated heterocycles. The zero-order chi connectivity index (χ0) is 12.4. The molecule has 0 aromatic heterocycles. The topological polar surface area (TPSA) is 47.3 Å². The molecule has 17 heavy (non-hydrogen) atoms. The van der Waals surface area contributed by atoms with Gasteiger partial charge in [0.1, 0.15) is 5.82 Å². The van der Waals surface area contributed by atoms with Gasteiger partial charge in [-0.2, -0.15) is 0 Å². The minimum Gasteiger partial charge on any atom is -0.378 e. The van der Waals surface area contributed by atoms with Crippen LogP contribution in [-0.4, -0.2) is 12.7 Å². The Kier molecular flexibility index (Phi) is 3.99. The molecule has 1 aromatic rings. The number of hydrogen-bond donors (Lipinski definition) is 2. The van der Waals surface area contributed by atoms with Crippen LogP contribution >= 0.6 is 11.6 Å². The normalized spacial score (nSPS) is 26.1. The molecule has 3 atom stereocenters. The maximum Gasteiger partial charge on any atom is 0.129 e. The summed E-state index contributed by atoms with van der Waals surface area (Å²) >= 11 is 5.73. The third-order valence-electron chi connectivity index (χ3n) is 3.18. The fourth-order valence-corrected chi connectivity index (χ4v) is 2.47. The van der Waals surface area contributed by atoms with Crippen LogP contribution in [0.5, 0.6) is 0 Å². The Morgan fingerprint density at radius 3 is 2.88 bits per heavy atom. The van der Waals surface area contributed by atoms with E-state index in [1.807, 2.05) is 6.92 Å². The van der Waals surface area contributed by atoms with Crippen LogP contribution in [0, 0.1) is 11.7 Å². The van der Waals surface area contributed by atoms with Gasteiger partial charge in [0, 0.05) is 16.5 Å². The van der Waals surface area contributed by atoms with Crippen LogP contribution < -0.4 is 11.3 Å². The predicted molar refractivity (Wildman–Crippen MR) is 65.0 cm³/mol. The Hall–Kier alpha value is -0.680. The first-order valence-electron chi connectivity index (χ1n) is 5.64. The van der Waals surface area contributed by atoms with Crippen molar-refractivity contribution < 1.29 is 9.13 Å². The quantitative estimate of drug-likeness (QED) is 0.647. The standard InChI is InChI=1S/C12H16ClFN2O/c1-7-4-8(6-17-7)12(16-15)10-3-2-9(13)5-11(10)14/h2-3,5,7-8,12,16H,4,6,15H2,1H3. The summed E-state index contributed by atoms with van der Waals surface area (Å²) in [5.74, 6) is 5.38. The number of nitrogens with two attached hydrogens (primary N) is 1. The number of benzene rings is 1. The first-order chi connectivity index (χ1) is 8.11. The van der Waals surface area contributed by atoms with Gasteiger partial charge in [0.15, 0.2) is 0 Å². The van der Waals surface area contributed by atoms with Crippen LogP contribution in [0.3, 0.4) is 0 Å². The van der Waals surface area contributed by atoms with E-state index in [0.717, 1.165) is 6.42 Å². The molecule has 1 aliphatic heterocycles. The van der Waals surface area contributed by atoms with Gasteiger partial charge >= 0.3 is 0 Å². The SMILES string of the molecule is CC1CC(C(NN)c2ccc(Cl)cc2F)CO1. The van der Waals surface area contributed by atoms with Gasteiger partial charge in [-0.25, -0.2) is 4.39 Å². The van der Waals surface area contributed by atoms with E-state index in [1.54, 1.807) is 12.1 Å². The van der Waals surface area contributed by atoms with E-state index in [1.165, 1.54) is 6.07 Å². The van der Waals surface area contributed by atoms with Gasteiger partial charge in [-0.15, -0.1) is 0 Å². The molecule has 3 N–H and O–H groups in total. The van der Waals surface area contributed by atoms with E-state index >= 15 is 0 Å². The second kappa shape index (κ2) is 5.31. The second-order valence-corrected chi connectivity index (χ2v) is 4.89. The summed E-state index contributed by atoms with van der Waals surface area (Å²) in [6.45, 7) is 2.60. The second-order valence-electron chi connectivity index (χ2n) is 4.45. The zero-order valence-corrected chi connectivity index (χ0v) is 10.4.